The van der Waals surface area contributed by atoms with Crippen LogP contribution >= 0.6 is 37.2 Å². The van der Waals surface area contributed by atoms with Crippen molar-refractivity contribution in [1.29, 1.82) is 0 Å². The molecule has 0 radical (unpaired) electrons. The molecule has 0 amide bonds. The van der Waals surface area contributed by atoms with Gasteiger partial charge >= 0.3 is 0 Å². The van der Waals surface area contributed by atoms with Gasteiger partial charge in [-0.1, -0.05) is 11.8 Å². The lowest BCUT2D eigenvalue weighted by molar-refractivity contribution is 1.03. The molecule has 16 heavy (non-hydrogen) atoms. The second-order valence-corrected chi connectivity index (χ2v) is 2.49. The van der Waals surface area contributed by atoms with Crippen LogP contribution in [-0.2, 0) is 0 Å². The van der Waals surface area contributed by atoms with Crippen LogP contribution in [0.4, 0.5) is 5.69 Å². The molecule has 5 N–H and O–H groups in total. The highest BCUT2D eigenvalue weighted by atomic mass is 35.5. The van der Waals surface area contributed by atoms with Crippen molar-refractivity contribution in [3.8, 4) is 11.8 Å². The highest BCUT2D eigenvalue weighted by molar-refractivity contribution is 5.86. The minimum Gasteiger partial charge on any atom is -0.394 e. The van der Waals surface area contributed by atoms with Gasteiger partial charge in [-0.25, -0.2) is 0 Å². The zero-order valence-corrected chi connectivity index (χ0v) is 10.8. The molecule has 0 aliphatic carbocycles. The minimum atomic E-state index is -0.233. The van der Waals surface area contributed by atoms with E-state index < -0.39 is 0 Å². The van der Waals surface area contributed by atoms with Crippen LogP contribution < -0.4 is 16.9 Å². The second kappa shape index (κ2) is 10.7. The van der Waals surface area contributed by atoms with Crippen molar-refractivity contribution < 1.29 is 0 Å². The molecular weight excluding hydrogens is 272 g/mol. The van der Waals surface area contributed by atoms with Crippen molar-refractivity contribution in [3.63, 3.8) is 0 Å². The average Bonchev–Trinajstić information content (AvgIpc) is 2.13. The number of hydrogen-bond acceptors (Lipinski definition) is 3. The molecule has 1 aromatic heterocycles. The normalized spacial score (nSPS) is 7.31. The fraction of sp³-hybridized carbons (Fsp3) is 0.222. The third kappa shape index (κ3) is 5.89. The van der Waals surface area contributed by atoms with Gasteiger partial charge in [0.1, 0.15) is 0 Å². The van der Waals surface area contributed by atoms with Crippen LogP contribution in [0, 0.1) is 11.8 Å². The molecule has 92 valence electrons. The van der Waals surface area contributed by atoms with Gasteiger partial charge in [-0.15, -0.1) is 37.2 Å². The van der Waals surface area contributed by atoms with Gasteiger partial charge in [-0.05, 0) is 0 Å². The van der Waals surface area contributed by atoms with Crippen LogP contribution in [0.15, 0.2) is 17.2 Å². The van der Waals surface area contributed by atoms with E-state index in [1.807, 2.05) is 0 Å². The summed E-state index contributed by atoms with van der Waals surface area (Å²) in [5, 5.41) is 0. The standard InChI is InChI=1S/C9H11N3O.3ClH/c10-4-2-1-3-7-5-12-6-8(11)9(7)13;;;/h5-6H,2,4,10-11H2,(H,12,13);3*1H. The summed E-state index contributed by atoms with van der Waals surface area (Å²) in [5.41, 5.74) is 11.0. The van der Waals surface area contributed by atoms with E-state index >= 15 is 0 Å². The maximum absolute atomic E-state index is 11.3. The van der Waals surface area contributed by atoms with E-state index in [1.54, 1.807) is 0 Å². The Morgan fingerprint density at radius 2 is 1.88 bits per heavy atom. The number of pyridine rings is 1. The summed E-state index contributed by atoms with van der Waals surface area (Å²) in [6.45, 7) is 0.493. The number of nitrogen functional groups attached to an aromatic ring is 1. The maximum atomic E-state index is 11.3. The Kier molecular flexibility index (Phi) is 13.7. The zero-order valence-electron chi connectivity index (χ0n) is 8.36. The fourth-order valence-corrected chi connectivity index (χ4v) is 0.824. The number of hydrogen-bond donors (Lipinski definition) is 3. The second-order valence-electron chi connectivity index (χ2n) is 2.49. The number of halogens is 3. The molecule has 0 aliphatic heterocycles. The predicted molar refractivity (Wildman–Crippen MR) is 73.8 cm³/mol. The lowest BCUT2D eigenvalue weighted by atomic mass is 10.2. The van der Waals surface area contributed by atoms with Crippen molar-refractivity contribution in [3.05, 3.63) is 28.2 Å². The molecule has 7 heteroatoms. The molecule has 0 saturated heterocycles. The summed E-state index contributed by atoms with van der Waals surface area (Å²) in [6, 6.07) is 0. The summed E-state index contributed by atoms with van der Waals surface area (Å²) < 4.78 is 0. The Morgan fingerprint density at radius 3 is 2.44 bits per heavy atom. The molecule has 0 unspecified atom stereocenters. The first-order valence-corrected chi connectivity index (χ1v) is 3.91. The zero-order chi connectivity index (χ0) is 9.68. The van der Waals surface area contributed by atoms with Crippen molar-refractivity contribution in [1.82, 2.24) is 4.98 Å². The molecule has 1 heterocycles. The van der Waals surface area contributed by atoms with Gasteiger partial charge in [-0.3, -0.25) is 4.79 Å². The van der Waals surface area contributed by atoms with Crippen LogP contribution in [0.2, 0.25) is 0 Å². The van der Waals surface area contributed by atoms with Crippen molar-refractivity contribution in [2.45, 2.75) is 6.42 Å². The van der Waals surface area contributed by atoms with Crippen LogP contribution in [-0.4, -0.2) is 11.5 Å². The molecule has 0 aromatic carbocycles. The summed E-state index contributed by atoms with van der Waals surface area (Å²) in [7, 11) is 0. The SMILES string of the molecule is Cl.Cl.Cl.NCCC#Cc1c[nH]cc(N)c1=O. The molecule has 0 aliphatic rings. The van der Waals surface area contributed by atoms with E-state index in [1.165, 1.54) is 12.4 Å². The Hall–Kier alpha value is -0.860. The Morgan fingerprint density at radius 1 is 1.25 bits per heavy atom. The Balaban J connectivity index is -0.000000563. The molecule has 0 fully saturated rings. The summed E-state index contributed by atoms with van der Waals surface area (Å²) in [5.74, 6) is 5.47. The number of nitrogens with two attached hydrogens (primary N) is 2. The highest BCUT2D eigenvalue weighted by Gasteiger charge is 1.97. The Bertz CT molecular complexity index is 408. The van der Waals surface area contributed by atoms with Gasteiger partial charge in [0.2, 0.25) is 5.43 Å². The number of nitrogens with one attached hydrogen (secondary N) is 1. The number of H-pyrrole nitrogens is 1. The third-order valence-electron chi connectivity index (χ3n) is 1.47. The topological polar surface area (TPSA) is 84.9 Å². The van der Waals surface area contributed by atoms with Crippen molar-refractivity contribution in [2.75, 3.05) is 12.3 Å². The highest BCUT2D eigenvalue weighted by Crippen LogP contribution is 1.92. The predicted octanol–water partition coefficient (Wildman–Crippen LogP) is 0.923. The van der Waals surface area contributed by atoms with E-state index in [0.717, 1.165) is 0 Å². The van der Waals surface area contributed by atoms with Crippen molar-refractivity contribution in [2.24, 2.45) is 5.73 Å². The monoisotopic (exact) mass is 285 g/mol. The maximum Gasteiger partial charge on any atom is 0.219 e. The first-order chi connectivity index (χ1) is 6.25. The van der Waals surface area contributed by atoms with Crippen molar-refractivity contribution >= 4 is 42.9 Å². The largest absolute Gasteiger partial charge is 0.394 e. The van der Waals surface area contributed by atoms with Gasteiger partial charge in [0.05, 0.1) is 11.3 Å². The van der Waals surface area contributed by atoms with E-state index in [9.17, 15) is 4.79 Å². The smallest absolute Gasteiger partial charge is 0.219 e. The molecule has 1 aromatic rings. The lowest BCUT2D eigenvalue weighted by Crippen LogP contribution is -2.11. The summed E-state index contributed by atoms with van der Waals surface area (Å²) in [6.07, 6.45) is 3.55. The fourth-order valence-electron chi connectivity index (χ4n) is 0.824. The van der Waals surface area contributed by atoms with E-state index in [2.05, 4.69) is 16.8 Å². The minimum absolute atomic E-state index is 0. The number of aromatic amines is 1. The van der Waals surface area contributed by atoms with Gasteiger partial charge in [0.25, 0.3) is 0 Å². The molecular formula is C9H14Cl3N3O. The first-order valence-electron chi connectivity index (χ1n) is 3.91. The first kappa shape index (κ1) is 20.5. The van der Waals surface area contributed by atoms with Crippen LogP contribution in [0.3, 0.4) is 0 Å². The summed E-state index contributed by atoms with van der Waals surface area (Å²) in [4.78, 5) is 14.0. The quantitative estimate of drug-likeness (QED) is 0.671. The van der Waals surface area contributed by atoms with E-state index in [4.69, 9.17) is 11.5 Å². The summed E-state index contributed by atoms with van der Waals surface area (Å²) >= 11 is 0. The lowest BCUT2D eigenvalue weighted by Gasteiger charge is -1.91. The van der Waals surface area contributed by atoms with Gasteiger partial charge in [-0.2, -0.15) is 0 Å². The molecule has 1 rings (SSSR count). The Labute approximate surface area is 112 Å². The third-order valence-corrected chi connectivity index (χ3v) is 1.47. The molecule has 0 atom stereocenters. The van der Waals surface area contributed by atoms with Crippen LogP contribution in [0.25, 0.3) is 0 Å². The molecule has 4 nitrogen and oxygen atoms in total. The van der Waals surface area contributed by atoms with Crippen LogP contribution in [0.5, 0.6) is 0 Å². The van der Waals surface area contributed by atoms with E-state index in [0.29, 0.717) is 18.5 Å². The number of rotatable bonds is 1. The van der Waals surface area contributed by atoms with E-state index in [-0.39, 0.29) is 48.3 Å². The molecule has 0 spiro atoms. The van der Waals surface area contributed by atoms with Gasteiger partial charge in [0, 0.05) is 25.4 Å². The van der Waals surface area contributed by atoms with Gasteiger partial charge < -0.3 is 16.5 Å². The number of aromatic nitrogens is 1. The average molecular weight is 287 g/mol. The number of anilines is 1. The molecule has 0 bridgehead atoms. The molecule has 0 saturated carbocycles. The van der Waals surface area contributed by atoms with Gasteiger partial charge in [0.15, 0.2) is 0 Å². The van der Waals surface area contributed by atoms with Crippen LogP contribution in [0.1, 0.15) is 12.0 Å².